The summed E-state index contributed by atoms with van der Waals surface area (Å²) in [6.45, 7) is 5.24. The molecule has 0 saturated heterocycles. The fraction of sp³-hybridized carbons (Fsp3) is 0.846. The molecule has 0 aromatic carbocycles. The zero-order chi connectivity index (χ0) is 14.6. The molecule has 1 rings (SSSR count). The predicted molar refractivity (Wildman–Crippen MR) is 70.3 cm³/mol. The Kier molecular flexibility index (Phi) is 5.17. The highest BCUT2D eigenvalue weighted by Crippen LogP contribution is 2.31. The molecule has 1 fully saturated rings. The third kappa shape index (κ3) is 5.46. The summed E-state index contributed by atoms with van der Waals surface area (Å²) in [6.07, 6.45) is 1.78. The van der Waals surface area contributed by atoms with Gasteiger partial charge in [-0.25, -0.2) is 4.79 Å². The molecule has 19 heavy (non-hydrogen) atoms. The normalized spacial score (nSPS) is 19.2. The highest BCUT2D eigenvalue weighted by atomic mass is 16.6. The first-order chi connectivity index (χ1) is 8.69. The molecule has 0 aromatic rings. The molecule has 2 atom stereocenters. The molecule has 0 aliphatic heterocycles. The molecule has 6 nitrogen and oxygen atoms in total. The number of primary amides is 1. The van der Waals surface area contributed by atoms with Crippen LogP contribution in [0.1, 0.15) is 46.5 Å². The number of alkyl carbamates (subject to hydrolysis) is 1. The number of nitrogens with two attached hydrogens (primary N) is 1. The van der Waals surface area contributed by atoms with E-state index in [2.05, 4.69) is 5.32 Å². The van der Waals surface area contributed by atoms with E-state index in [0.29, 0.717) is 12.3 Å². The van der Waals surface area contributed by atoms with Crippen LogP contribution in [0.15, 0.2) is 0 Å². The summed E-state index contributed by atoms with van der Waals surface area (Å²) in [4.78, 5) is 22.8. The third-order valence-electron chi connectivity index (χ3n) is 3.19. The maximum Gasteiger partial charge on any atom is 0.407 e. The van der Waals surface area contributed by atoms with Crippen molar-refractivity contribution < 1.29 is 19.4 Å². The van der Waals surface area contributed by atoms with Gasteiger partial charge in [0, 0.05) is 0 Å². The summed E-state index contributed by atoms with van der Waals surface area (Å²) >= 11 is 0. The van der Waals surface area contributed by atoms with Crippen LogP contribution in [0, 0.1) is 5.92 Å². The average molecular weight is 272 g/mol. The van der Waals surface area contributed by atoms with Crippen LogP contribution in [-0.2, 0) is 9.53 Å². The molecule has 110 valence electrons. The maximum atomic E-state index is 11.7. The third-order valence-corrected chi connectivity index (χ3v) is 3.19. The minimum Gasteiger partial charge on any atom is -0.444 e. The van der Waals surface area contributed by atoms with Crippen molar-refractivity contribution in [3.8, 4) is 0 Å². The van der Waals surface area contributed by atoms with Gasteiger partial charge >= 0.3 is 6.09 Å². The average Bonchev–Trinajstić information content (AvgIpc) is 2.17. The molecule has 1 aliphatic rings. The van der Waals surface area contributed by atoms with Gasteiger partial charge in [0.15, 0.2) is 6.10 Å². The van der Waals surface area contributed by atoms with E-state index in [1.54, 1.807) is 20.8 Å². The number of ether oxygens (including phenoxy) is 1. The van der Waals surface area contributed by atoms with Crippen molar-refractivity contribution >= 4 is 12.0 Å². The minimum absolute atomic E-state index is 0.425. The van der Waals surface area contributed by atoms with Crippen LogP contribution in [0.4, 0.5) is 4.79 Å². The predicted octanol–water partition coefficient (Wildman–Crippen LogP) is 0.916. The highest BCUT2D eigenvalue weighted by Gasteiger charge is 2.31. The molecule has 0 radical (unpaired) electrons. The van der Waals surface area contributed by atoms with Crippen LogP contribution < -0.4 is 11.1 Å². The SMILES string of the molecule is CC(C)(C)OC(=O)NC(CC1CCC1)[C@@H](O)C(N)=O. The topological polar surface area (TPSA) is 102 Å². The summed E-state index contributed by atoms with van der Waals surface area (Å²) in [7, 11) is 0. The van der Waals surface area contributed by atoms with Crippen LogP contribution in [0.3, 0.4) is 0 Å². The van der Waals surface area contributed by atoms with Crippen molar-refractivity contribution in [2.24, 2.45) is 11.7 Å². The van der Waals surface area contributed by atoms with Crippen LogP contribution in [-0.4, -0.2) is 34.9 Å². The number of hydrogen-bond acceptors (Lipinski definition) is 4. The van der Waals surface area contributed by atoms with E-state index in [0.717, 1.165) is 19.3 Å². The lowest BCUT2D eigenvalue weighted by atomic mass is 9.80. The quantitative estimate of drug-likeness (QED) is 0.692. The molecule has 0 bridgehead atoms. The smallest absolute Gasteiger partial charge is 0.407 e. The van der Waals surface area contributed by atoms with Gasteiger partial charge in [-0.1, -0.05) is 19.3 Å². The number of carbonyl (C=O) groups excluding carboxylic acids is 2. The van der Waals surface area contributed by atoms with Gasteiger partial charge in [-0.15, -0.1) is 0 Å². The van der Waals surface area contributed by atoms with Gasteiger partial charge in [0.2, 0.25) is 5.91 Å². The van der Waals surface area contributed by atoms with E-state index in [4.69, 9.17) is 10.5 Å². The second-order valence-corrected chi connectivity index (χ2v) is 6.13. The number of hydrogen-bond donors (Lipinski definition) is 3. The van der Waals surface area contributed by atoms with Crippen molar-refractivity contribution in [2.45, 2.75) is 64.2 Å². The van der Waals surface area contributed by atoms with Crippen molar-refractivity contribution in [1.82, 2.24) is 5.32 Å². The van der Waals surface area contributed by atoms with Crippen molar-refractivity contribution in [2.75, 3.05) is 0 Å². The van der Waals surface area contributed by atoms with Gasteiger partial charge in [0.1, 0.15) is 5.60 Å². The minimum atomic E-state index is -1.38. The van der Waals surface area contributed by atoms with Crippen LogP contribution in [0.5, 0.6) is 0 Å². The maximum absolute atomic E-state index is 11.7. The second-order valence-electron chi connectivity index (χ2n) is 6.13. The lowest BCUT2D eigenvalue weighted by molar-refractivity contribution is -0.127. The first kappa shape index (κ1) is 15.8. The second kappa shape index (κ2) is 6.23. The molecule has 4 N–H and O–H groups in total. The number of aliphatic hydroxyl groups is 1. The zero-order valence-electron chi connectivity index (χ0n) is 11.8. The Morgan fingerprint density at radius 3 is 2.37 bits per heavy atom. The summed E-state index contributed by atoms with van der Waals surface area (Å²) in [5.74, 6) is -0.408. The molecule has 6 heteroatoms. The fourth-order valence-corrected chi connectivity index (χ4v) is 2.01. The van der Waals surface area contributed by atoms with Gasteiger partial charge in [0.05, 0.1) is 6.04 Å². The number of rotatable bonds is 5. The van der Waals surface area contributed by atoms with Crippen LogP contribution in [0.2, 0.25) is 0 Å². The fourth-order valence-electron chi connectivity index (χ4n) is 2.01. The first-order valence-electron chi connectivity index (χ1n) is 6.66. The number of nitrogens with one attached hydrogen (secondary N) is 1. The van der Waals surface area contributed by atoms with Gasteiger partial charge in [-0.2, -0.15) is 0 Å². The van der Waals surface area contributed by atoms with Crippen molar-refractivity contribution in [3.63, 3.8) is 0 Å². The standard InChI is InChI=1S/C13H24N2O4/c1-13(2,3)19-12(18)15-9(10(16)11(14)17)7-8-5-4-6-8/h8-10,16H,4-7H2,1-3H3,(H2,14,17)(H,15,18)/t9?,10-/m1/s1. The Labute approximate surface area is 113 Å². The Morgan fingerprint density at radius 2 is 2.00 bits per heavy atom. The highest BCUT2D eigenvalue weighted by molar-refractivity contribution is 5.80. The van der Waals surface area contributed by atoms with E-state index in [9.17, 15) is 14.7 Å². The molecule has 0 spiro atoms. The van der Waals surface area contributed by atoms with Crippen LogP contribution in [0.25, 0.3) is 0 Å². The first-order valence-corrected chi connectivity index (χ1v) is 6.66. The van der Waals surface area contributed by atoms with Gasteiger partial charge in [-0.05, 0) is 33.1 Å². The van der Waals surface area contributed by atoms with Gasteiger partial charge < -0.3 is 20.9 Å². The Morgan fingerprint density at radius 1 is 1.42 bits per heavy atom. The van der Waals surface area contributed by atoms with E-state index < -0.39 is 29.7 Å². The number of amides is 2. The van der Waals surface area contributed by atoms with E-state index >= 15 is 0 Å². The molecule has 1 aliphatic carbocycles. The molecular formula is C13H24N2O4. The van der Waals surface area contributed by atoms with Gasteiger partial charge in [-0.3, -0.25) is 4.79 Å². The summed E-state index contributed by atoms with van der Waals surface area (Å²) in [6, 6.07) is -0.683. The van der Waals surface area contributed by atoms with E-state index in [1.807, 2.05) is 0 Å². The van der Waals surface area contributed by atoms with Gasteiger partial charge in [0.25, 0.3) is 0 Å². The van der Waals surface area contributed by atoms with Crippen molar-refractivity contribution in [3.05, 3.63) is 0 Å². The summed E-state index contributed by atoms with van der Waals surface area (Å²) in [5, 5.41) is 12.3. The Bertz CT molecular complexity index is 334. The molecule has 2 amide bonds. The Balaban J connectivity index is 2.57. The monoisotopic (exact) mass is 272 g/mol. The molecule has 1 unspecified atom stereocenters. The summed E-state index contributed by atoms with van der Waals surface area (Å²) < 4.78 is 5.12. The van der Waals surface area contributed by atoms with Crippen LogP contribution >= 0.6 is 0 Å². The molecule has 0 aromatic heterocycles. The zero-order valence-corrected chi connectivity index (χ0v) is 11.8. The molecular weight excluding hydrogens is 248 g/mol. The number of aliphatic hydroxyl groups excluding tert-OH is 1. The lowest BCUT2D eigenvalue weighted by Gasteiger charge is -2.32. The molecule has 0 heterocycles. The lowest BCUT2D eigenvalue weighted by Crippen LogP contribution is -2.51. The summed E-state index contributed by atoms with van der Waals surface area (Å²) in [5.41, 5.74) is 4.47. The van der Waals surface area contributed by atoms with E-state index in [1.165, 1.54) is 0 Å². The van der Waals surface area contributed by atoms with E-state index in [-0.39, 0.29) is 0 Å². The molecule has 1 saturated carbocycles. The largest absolute Gasteiger partial charge is 0.444 e. The van der Waals surface area contributed by atoms with Crippen molar-refractivity contribution in [1.29, 1.82) is 0 Å². The number of carbonyl (C=O) groups is 2. The Hall–Kier alpha value is -1.30.